The van der Waals surface area contributed by atoms with E-state index in [-0.39, 0.29) is 39.9 Å². The van der Waals surface area contributed by atoms with Crippen LogP contribution in [-0.4, -0.2) is 59.6 Å². The maximum Gasteiger partial charge on any atom is 0.265 e. The van der Waals surface area contributed by atoms with Crippen LogP contribution in [-0.2, 0) is 6.54 Å². The van der Waals surface area contributed by atoms with Gasteiger partial charge in [-0.25, -0.2) is 9.37 Å². The van der Waals surface area contributed by atoms with E-state index in [4.69, 9.17) is 4.42 Å². The number of carbonyl (C=O) groups excluding carboxylic acids is 1. The van der Waals surface area contributed by atoms with Crippen LogP contribution in [0.1, 0.15) is 36.4 Å². The molecule has 9 heteroatoms. The number of halogens is 1. The highest BCUT2D eigenvalue weighted by molar-refractivity contribution is 6.06. The number of furan rings is 1. The minimum absolute atomic E-state index is 0.201. The van der Waals surface area contributed by atoms with Crippen molar-refractivity contribution in [2.45, 2.75) is 33.7 Å². The van der Waals surface area contributed by atoms with Gasteiger partial charge in [-0.05, 0) is 50.1 Å². The minimum Gasteiger partial charge on any atom is -0.442 e. The molecule has 1 aromatic carbocycles. The molecule has 3 aromatic rings. The quantitative estimate of drug-likeness (QED) is 0.511. The van der Waals surface area contributed by atoms with Crippen LogP contribution < -0.4 is 15.8 Å². The summed E-state index contributed by atoms with van der Waals surface area (Å²) in [4.78, 5) is 34.7. The Kier molecular flexibility index (Phi) is 7.31. The van der Waals surface area contributed by atoms with E-state index in [1.54, 1.807) is 6.92 Å². The van der Waals surface area contributed by atoms with Crippen LogP contribution in [0.5, 0.6) is 0 Å². The Morgan fingerprint density at radius 1 is 1.18 bits per heavy atom. The highest BCUT2D eigenvalue weighted by Crippen LogP contribution is 2.21. The normalized spacial score (nSPS) is 14.8. The maximum absolute atomic E-state index is 13.1. The van der Waals surface area contributed by atoms with Crippen molar-refractivity contribution in [3.05, 3.63) is 58.1 Å². The molecule has 182 valence electrons. The Balaban J connectivity index is 1.29. The first kappa shape index (κ1) is 23.9. The lowest BCUT2D eigenvalue weighted by Gasteiger charge is -2.36. The number of piperazine rings is 1. The van der Waals surface area contributed by atoms with E-state index in [9.17, 15) is 14.0 Å². The maximum atomic E-state index is 13.1. The van der Waals surface area contributed by atoms with Gasteiger partial charge in [0.2, 0.25) is 5.71 Å². The minimum atomic E-state index is -0.307. The van der Waals surface area contributed by atoms with Crippen LogP contribution in [0, 0.1) is 18.7 Å². The predicted octanol–water partition coefficient (Wildman–Crippen LogP) is 3.04. The van der Waals surface area contributed by atoms with E-state index in [1.165, 1.54) is 23.0 Å². The molecule has 1 aliphatic rings. The van der Waals surface area contributed by atoms with Gasteiger partial charge in [-0.15, -0.1) is 0 Å². The number of hydrogen-bond acceptors (Lipinski definition) is 6. The first-order valence-corrected chi connectivity index (χ1v) is 11.8. The number of amides is 1. The van der Waals surface area contributed by atoms with Crippen molar-refractivity contribution in [3.63, 3.8) is 0 Å². The standard InChI is InChI=1S/C25H32FN5O3/c1-17(2)15-31-16-28-24-22(25(31)33)21(18(3)34-24)23(32)27-9-4-10-29-11-13-30(14-12-29)20-7-5-19(26)6-8-20/h5-8,16-17H,4,9-15H2,1-3H3,(H,27,32). The van der Waals surface area contributed by atoms with Crippen molar-refractivity contribution >= 4 is 22.7 Å². The van der Waals surface area contributed by atoms with Crippen LogP contribution in [0.2, 0.25) is 0 Å². The first-order valence-electron chi connectivity index (χ1n) is 11.8. The third-order valence-corrected chi connectivity index (χ3v) is 6.14. The largest absolute Gasteiger partial charge is 0.442 e. The first-order chi connectivity index (χ1) is 16.3. The summed E-state index contributed by atoms with van der Waals surface area (Å²) in [7, 11) is 0. The fraction of sp³-hybridized carbons (Fsp3) is 0.480. The molecule has 0 aliphatic carbocycles. The Labute approximate surface area is 198 Å². The number of benzene rings is 1. The zero-order chi connectivity index (χ0) is 24.2. The summed E-state index contributed by atoms with van der Waals surface area (Å²) < 4.78 is 20.3. The van der Waals surface area contributed by atoms with Gasteiger partial charge in [0.15, 0.2) is 0 Å². The number of carbonyl (C=O) groups is 1. The summed E-state index contributed by atoms with van der Waals surface area (Å²) in [6, 6.07) is 6.61. The SMILES string of the molecule is Cc1oc2ncn(CC(C)C)c(=O)c2c1C(=O)NCCCN1CCN(c2ccc(F)cc2)CC1. The van der Waals surface area contributed by atoms with Gasteiger partial charge >= 0.3 is 0 Å². The summed E-state index contributed by atoms with van der Waals surface area (Å²) in [6.45, 7) is 11.2. The molecule has 1 N–H and O–H groups in total. The van der Waals surface area contributed by atoms with Gasteiger partial charge < -0.3 is 14.6 Å². The molecule has 1 fully saturated rings. The number of anilines is 1. The number of nitrogens with zero attached hydrogens (tertiary/aromatic N) is 4. The zero-order valence-electron chi connectivity index (χ0n) is 20.0. The average Bonchev–Trinajstić information content (AvgIpc) is 3.16. The fourth-order valence-corrected chi connectivity index (χ4v) is 4.41. The van der Waals surface area contributed by atoms with Gasteiger partial charge in [0, 0.05) is 45.0 Å². The number of aryl methyl sites for hydroxylation is 1. The monoisotopic (exact) mass is 469 g/mol. The molecule has 1 saturated heterocycles. The van der Waals surface area contributed by atoms with E-state index < -0.39 is 0 Å². The summed E-state index contributed by atoms with van der Waals surface area (Å²) in [6.07, 6.45) is 2.28. The number of aromatic nitrogens is 2. The van der Waals surface area contributed by atoms with Gasteiger partial charge in [0.25, 0.3) is 11.5 Å². The second kappa shape index (κ2) is 10.4. The number of nitrogens with one attached hydrogen (secondary N) is 1. The van der Waals surface area contributed by atoms with Gasteiger partial charge in [-0.1, -0.05) is 13.8 Å². The van der Waals surface area contributed by atoms with E-state index in [2.05, 4.69) is 20.1 Å². The molecule has 8 nitrogen and oxygen atoms in total. The number of hydrogen-bond donors (Lipinski definition) is 1. The van der Waals surface area contributed by atoms with Crippen LogP contribution >= 0.6 is 0 Å². The van der Waals surface area contributed by atoms with Crippen molar-refractivity contribution in [2.24, 2.45) is 5.92 Å². The topological polar surface area (TPSA) is 83.6 Å². The molecule has 4 rings (SSSR count). The van der Waals surface area contributed by atoms with Gasteiger partial charge in [-0.3, -0.25) is 19.1 Å². The number of rotatable bonds is 8. The Morgan fingerprint density at radius 2 is 1.88 bits per heavy atom. The van der Waals surface area contributed by atoms with Crippen molar-refractivity contribution in [2.75, 3.05) is 44.2 Å². The molecule has 0 spiro atoms. The second-order valence-corrected chi connectivity index (χ2v) is 9.22. The fourth-order valence-electron chi connectivity index (χ4n) is 4.41. The molecule has 1 aliphatic heterocycles. The van der Waals surface area contributed by atoms with E-state index >= 15 is 0 Å². The van der Waals surface area contributed by atoms with Crippen LogP contribution in [0.15, 0.2) is 39.8 Å². The van der Waals surface area contributed by atoms with Crippen molar-refractivity contribution < 1.29 is 13.6 Å². The van der Waals surface area contributed by atoms with Gasteiger partial charge in [0.1, 0.15) is 23.3 Å². The molecule has 34 heavy (non-hydrogen) atoms. The molecule has 0 atom stereocenters. The number of fused-ring (bicyclic) bond motifs is 1. The summed E-state index contributed by atoms with van der Waals surface area (Å²) >= 11 is 0. The van der Waals surface area contributed by atoms with Gasteiger partial charge in [-0.2, -0.15) is 0 Å². The van der Waals surface area contributed by atoms with E-state index in [0.29, 0.717) is 18.8 Å². The summed E-state index contributed by atoms with van der Waals surface area (Å²) in [5, 5.41) is 3.18. The average molecular weight is 470 g/mol. The van der Waals surface area contributed by atoms with Gasteiger partial charge in [0.05, 0.1) is 5.56 Å². The van der Waals surface area contributed by atoms with Crippen LogP contribution in [0.3, 0.4) is 0 Å². The third kappa shape index (κ3) is 5.30. The molecule has 0 radical (unpaired) electrons. The smallest absolute Gasteiger partial charge is 0.265 e. The Hall–Kier alpha value is -3.20. The molecule has 3 heterocycles. The molecule has 2 aromatic heterocycles. The Morgan fingerprint density at radius 3 is 2.56 bits per heavy atom. The lowest BCUT2D eigenvalue weighted by Crippen LogP contribution is -2.47. The molecule has 0 saturated carbocycles. The van der Waals surface area contributed by atoms with Crippen LogP contribution in [0.4, 0.5) is 10.1 Å². The molecule has 1 amide bonds. The molecule has 0 unspecified atom stereocenters. The molecular weight excluding hydrogens is 437 g/mol. The zero-order valence-corrected chi connectivity index (χ0v) is 20.0. The summed E-state index contributed by atoms with van der Waals surface area (Å²) in [5.74, 6) is 0.148. The highest BCUT2D eigenvalue weighted by Gasteiger charge is 2.23. The van der Waals surface area contributed by atoms with Crippen molar-refractivity contribution in [1.29, 1.82) is 0 Å². The summed E-state index contributed by atoms with van der Waals surface area (Å²) in [5.41, 5.74) is 1.27. The molecule has 0 bridgehead atoms. The van der Waals surface area contributed by atoms with Crippen molar-refractivity contribution in [3.8, 4) is 0 Å². The Bertz CT molecular complexity index is 1190. The van der Waals surface area contributed by atoms with E-state index in [0.717, 1.165) is 44.8 Å². The lowest BCUT2D eigenvalue weighted by molar-refractivity contribution is 0.0951. The molecular formula is C25H32FN5O3. The second-order valence-electron chi connectivity index (χ2n) is 9.22. The predicted molar refractivity (Wildman–Crippen MR) is 130 cm³/mol. The van der Waals surface area contributed by atoms with E-state index in [1.807, 2.05) is 26.0 Å². The highest BCUT2D eigenvalue weighted by atomic mass is 19.1. The lowest BCUT2D eigenvalue weighted by atomic mass is 10.1. The third-order valence-electron chi connectivity index (χ3n) is 6.14. The van der Waals surface area contributed by atoms with Crippen LogP contribution in [0.25, 0.3) is 11.1 Å². The van der Waals surface area contributed by atoms with Crippen molar-refractivity contribution in [1.82, 2.24) is 19.8 Å².